The van der Waals surface area contributed by atoms with Crippen molar-refractivity contribution >= 4 is 11.6 Å². The van der Waals surface area contributed by atoms with Crippen molar-refractivity contribution < 1.29 is 9.59 Å². The summed E-state index contributed by atoms with van der Waals surface area (Å²) in [7, 11) is 0. The summed E-state index contributed by atoms with van der Waals surface area (Å²) in [6, 6.07) is 5.49. The summed E-state index contributed by atoms with van der Waals surface area (Å²) in [6.45, 7) is 5.75. The van der Waals surface area contributed by atoms with Crippen LogP contribution in [-0.4, -0.2) is 11.6 Å². The Balaban J connectivity index is 2.73. The van der Waals surface area contributed by atoms with Gasteiger partial charge in [-0.25, -0.2) is 0 Å². The number of carbonyl (C=O) groups excluding carboxylic acids is 2. The van der Waals surface area contributed by atoms with Crippen molar-refractivity contribution in [3.63, 3.8) is 0 Å². The Morgan fingerprint density at radius 1 is 1.12 bits per heavy atom. The molecule has 1 aromatic rings. The third kappa shape index (κ3) is 1.51. The summed E-state index contributed by atoms with van der Waals surface area (Å²) < 4.78 is 0. The highest BCUT2D eigenvalue weighted by molar-refractivity contribution is 6.24. The molecule has 0 fully saturated rings. The smallest absolute Gasteiger partial charge is 0.189 e. The number of allylic oxidation sites excluding steroid dienone is 2. The van der Waals surface area contributed by atoms with Gasteiger partial charge in [0.15, 0.2) is 11.6 Å². The average molecular weight is 214 g/mol. The summed E-state index contributed by atoms with van der Waals surface area (Å²) in [5.41, 5.74) is 2.64. The van der Waals surface area contributed by atoms with Crippen molar-refractivity contribution in [3.05, 3.63) is 46.5 Å². The SMILES string of the molecule is CC1=CC(=O)c2cccc(C(C)C)c2C1=O. The first kappa shape index (κ1) is 10.8. The molecule has 1 aromatic carbocycles. The topological polar surface area (TPSA) is 34.1 Å². The van der Waals surface area contributed by atoms with Crippen LogP contribution >= 0.6 is 0 Å². The van der Waals surface area contributed by atoms with E-state index in [1.54, 1.807) is 13.0 Å². The second-order valence-corrected chi connectivity index (χ2v) is 4.45. The zero-order valence-corrected chi connectivity index (χ0v) is 9.70. The number of carbonyl (C=O) groups is 2. The fourth-order valence-corrected chi connectivity index (χ4v) is 2.05. The van der Waals surface area contributed by atoms with E-state index < -0.39 is 0 Å². The van der Waals surface area contributed by atoms with Gasteiger partial charge in [-0.3, -0.25) is 9.59 Å². The van der Waals surface area contributed by atoms with Crippen LogP contribution < -0.4 is 0 Å². The first-order chi connectivity index (χ1) is 7.52. The Kier molecular flexibility index (Phi) is 2.50. The second kappa shape index (κ2) is 3.71. The number of fused-ring (bicyclic) bond motifs is 1. The molecule has 1 aliphatic rings. The molecule has 0 saturated carbocycles. The van der Waals surface area contributed by atoms with E-state index in [-0.39, 0.29) is 17.5 Å². The first-order valence-corrected chi connectivity index (χ1v) is 5.42. The van der Waals surface area contributed by atoms with E-state index in [1.807, 2.05) is 26.0 Å². The normalized spacial score (nSPS) is 15.1. The Morgan fingerprint density at radius 2 is 1.81 bits per heavy atom. The number of hydrogen-bond acceptors (Lipinski definition) is 2. The lowest BCUT2D eigenvalue weighted by Gasteiger charge is -2.18. The molecule has 0 radical (unpaired) electrons. The highest BCUT2D eigenvalue weighted by atomic mass is 16.1. The Labute approximate surface area is 95.0 Å². The van der Waals surface area contributed by atoms with Crippen LogP contribution in [0.2, 0.25) is 0 Å². The van der Waals surface area contributed by atoms with E-state index in [0.29, 0.717) is 16.7 Å². The van der Waals surface area contributed by atoms with E-state index in [1.165, 1.54) is 6.08 Å². The third-order valence-electron chi connectivity index (χ3n) is 2.92. The number of ketones is 2. The standard InChI is InChI=1S/C14H14O2/c1-8(2)10-5-4-6-11-12(15)7-9(3)14(16)13(10)11/h4-8H,1-3H3. The maximum atomic E-state index is 12.1. The quantitative estimate of drug-likeness (QED) is 0.719. The third-order valence-corrected chi connectivity index (χ3v) is 2.92. The van der Waals surface area contributed by atoms with Crippen molar-refractivity contribution in [2.45, 2.75) is 26.7 Å². The van der Waals surface area contributed by atoms with Gasteiger partial charge in [-0.05, 0) is 24.5 Å². The molecular weight excluding hydrogens is 200 g/mol. The van der Waals surface area contributed by atoms with E-state index in [9.17, 15) is 9.59 Å². The number of benzene rings is 1. The predicted molar refractivity (Wildman–Crippen MR) is 62.9 cm³/mol. The van der Waals surface area contributed by atoms with E-state index in [4.69, 9.17) is 0 Å². The molecule has 1 aliphatic carbocycles. The molecule has 0 spiro atoms. The lowest BCUT2D eigenvalue weighted by atomic mass is 9.83. The number of hydrogen-bond donors (Lipinski definition) is 0. The zero-order valence-electron chi connectivity index (χ0n) is 9.70. The van der Waals surface area contributed by atoms with Crippen molar-refractivity contribution in [3.8, 4) is 0 Å². The van der Waals surface area contributed by atoms with Gasteiger partial charge in [0.2, 0.25) is 0 Å². The number of rotatable bonds is 1. The van der Waals surface area contributed by atoms with Gasteiger partial charge in [-0.2, -0.15) is 0 Å². The van der Waals surface area contributed by atoms with E-state index in [0.717, 1.165) is 5.56 Å². The Hall–Kier alpha value is -1.70. The van der Waals surface area contributed by atoms with Gasteiger partial charge < -0.3 is 0 Å². The van der Waals surface area contributed by atoms with Crippen molar-refractivity contribution in [2.24, 2.45) is 0 Å². The number of Topliss-reactive ketones (excluding diaryl/α,β-unsaturated/α-hetero) is 1. The van der Waals surface area contributed by atoms with Gasteiger partial charge >= 0.3 is 0 Å². The molecule has 2 nitrogen and oxygen atoms in total. The Bertz CT molecular complexity index is 507. The van der Waals surface area contributed by atoms with Crippen LogP contribution in [0.4, 0.5) is 0 Å². The van der Waals surface area contributed by atoms with Crippen LogP contribution in [0.3, 0.4) is 0 Å². The molecule has 0 amide bonds. The summed E-state index contributed by atoms with van der Waals surface area (Å²) >= 11 is 0. The van der Waals surface area contributed by atoms with Crippen LogP contribution in [-0.2, 0) is 0 Å². The van der Waals surface area contributed by atoms with Crippen LogP contribution in [0.15, 0.2) is 29.8 Å². The van der Waals surface area contributed by atoms with Gasteiger partial charge in [0.1, 0.15) is 0 Å². The minimum Gasteiger partial charge on any atom is -0.289 e. The molecule has 16 heavy (non-hydrogen) atoms. The summed E-state index contributed by atoms with van der Waals surface area (Å²) in [5.74, 6) is 0.172. The monoisotopic (exact) mass is 214 g/mol. The van der Waals surface area contributed by atoms with Crippen molar-refractivity contribution in [2.75, 3.05) is 0 Å². The minimum atomic E-state index is -0.0606. The fourth-order valence-electron chi connectivity index (χ4n) is 2.05. The Morgan fingerprint density at radius 3 is 2.44 bits per heavy atom. The molecule has 0 atom stereocenters. The summed E-state index contributed by atoms with van der Waals surface area (Å²) in [5, 5.41) is 0. The maximum Gasteiger partial charge on any atom is 0.189 e. The van der Waals surface area contributed by atoms with Crippen LogP contribution in [0.1, 0.15) is 53.0 Å². The molecule has 2 heteroatoms. The van der Waals surface area contributed by atoms with Crippen molar-refractivity contribution in [1.29, 1.82) is 0 Å². The van der Waals surface area contributed by atoms with Gasteiger partial charge in [0, 0.05) is 16.7 Å². The van der Waals surface area contributed by atoms with Gasteiger partial charge in [-0.15, -0.1) is 0 Å². The average Bonchev–Trinajstić information content (AvgIpc) is 2.25. The summed E-state index contributed by atoms with van der Waals surface area (Å²) in [6.07, 6.45) is 1.43. The molecule has 0 saturated heterocycles. The van der Waals surface area contributed by atoms with E-state index >= 15 is 0 Å². The minimum absolute atomic E-state index is 0.0149. The molecule has 0 aliphatic heterocycles. The fraction of sp³-hybridized carbons (Fsp3) is 0.286. The summed E-state index contributed by atoms with van der Waals surface area (Å²) in [4.78, 5) is 23.9. The molecule has 0 unspecified atom stereocenters. The second-order valence-electron chi connectivity index (χ2n) is 4.45. The van der Waals surface area contributed by atoms with Crippen LogP contribution in [0.5, 0.6) is 0 Å². The molecule has 82 valence electrons. The molecule has 2 rings (SSSR count). The van der Waals surface area contributed by atoms with Crippen LogP contribution in [0, 0.1) is 0 Å². The predicted octanol–water partition coefficient (Wildman–Crippen LogP) is 3.14. The van der Waals surface area contributed by atoms with E-state index in [2.05, 4.69) is 0 Å². The zero-order chi connectivity index (χ0) is 11.9. The van der Waals surface area contributed by atoms with Crippen LogP contribution in [0.25, 0.3) is 0 Å². The van der Waals surface area contributed by atoms with Crippen molar-refractivity contribution in [1.82, 2.24) is 0 Å². The molecule has 0 N–H and O–H groups in total. The maximum absolute atomic E-state index is 12.1. The van der Waals surface area contributed by atoms with Gasteiger partial charge in [0.05, 0.1) is 0 Å². The van der Waals surface area contributed by atoms with Gasteiger partial charge in [0.25, 0.3) is 0 Å². The largest absolute Gasteiger partial charge is 0.289 e. The lowest BCUT2D eigenvalue weighted by Crippen LogP contribution is -2.18. The highest BCUT2D eigenvalue weighted by Gasteiger charge is 2.26. The van der Waals surface area contributed by atoms with Gasteiger partial charge in [-0.1, -0.05) is 32.0 Å². The first-order valence-electron chi connectivity index (χ1n) is 5.42. The highest BCUT2D eigenvalue weighted by Crippen LogP contribution is 2.28. The molecular formula is C14H14O2. The molecule has 0 bridgehead atoms. The molecule has 0 heterocycles. The lowest BCUT2D eigenvalue weighted by molar-refractivity contribution is 0.0983. The molecule has 0 aromatic heterocycles.